The predicted molar refractivity (Wildman–Crippen MR) is 118 cm³/mol. The van der Waals surface area contributed by atoms with Crippen molar-refractivity contribution in [2.75, 3.05) is 0 Å². The van der Waals surface area contributed by atoms with Gasteiger partial charge in [-0.05, 0) is 53.9 Å². The van der Waals surface area contributed by atoms with E-state index in [-0.39, 0.29) is 20.1 Å². The molecular formula is C26H17IrN2O-. The number of hydrogen-bond acceptors (Lipinski definition) is 3. The summed E-state index contributed by atoms with van der Waals surface area (Å²) in [5.74, 6) is 0. The first-order chi connectivity index (χ1) is 14.2. The van der Waals surface area contributed by atoms with Crippen LogP contribution in [-0.2, 0) is 20.1 Å². The van der Waals surface area contributed by atoms with Gasteiger partial charge in [0.15, 0.2) is 0 Å². The largest absolute Gasteiger partial charge is 0.500 e. The summed E-state index contributed by atoms with van der Waals surface area (Å²) in [6, 6.07) is 24.1. The van der Waals surface area contributed by atoms with Gasteiger partial charge in [0.2, 0.25) is 0 Å². The molecule has 3 aromatic carbocycles. The van der Waals surface area contributed by atoms with E-state index in [1.165, 1.54) is 16.2 Å². The molecular weight excluding hydrogens is 549 g/mol. The van der Waals surface area contributed by atoms with E-state index in [1.807, 2.05) is 37.4 Å². The van der Waals surface area contributed by atoms with Gasteiger partial charge in [-0.2, -0.15) is 0 Å². The van der Waals surface area contributed by atoms with E-state index < -0.39 is 0 Å². The average Bonchev–Trinajstić information content (AvgIpc) is 3.11. The SMILES string of the molecule is Cc1cc2c(ccc3c(-c4[c-]cc5oc6ccccc6c5c4)nccc32)c(C)n1.[Ir]. The molecule has 0 bridgehead atoms. The van der Waals surface area contributed by atoms with Crippen molar-refractivity contribution >= 4 is 43.5 Å². The van der Waals surface area contributed by atoms with Gasteiger partial charge in [-0.15, -0.1) is 23.8 Å². The van der Waals surface area contributed by atoms with Crippen molar-refractivity contribution in [1.29, 1.82) is 0 Å². The number of nitrogens with zero attached hydrogens (tertiary/aromatic N) is 2. The first kappa shape index (κ1) is 18.9. The Morgan fingerprint density at radius 2 is 1.60 bits per heavy atom. The standard InChI is InChI=1S/C26H17N2O.Ir/c1-15-13-22-18(16(2)28-15)8-9-21-19(22)11-12-27-26(21)17-7-10-25-23(14-17)20-5-3-4-6-24(20)29-25;/h3-6,8-14H,1-2H3;/q-1;. The Morgan fingerprint density at radius 3 is 2.50 bits per heavy atom. The van der Waals surface area contributed by atoms with Gasteiger partial charge in [-0.1, -0.05) is 35.7 Å². The van der Waals surface area contributed by atoms with Crippen LogP contribution in [0.4, 0.5) is 0 Å². The Balaban J connectivity index is 0.00000193. The summed E-state index contributed by atoms with van der Waals surface area (Å²) in [4.78, 5) is 9.34. The molecule has 6 aromatic rings. The third-order valence-corrected chi connectivity index (χ3v) is 5.64. The molecule has 0 spiro atoms. The van der Waals surface area contributed by atoms with Gasteiger partial charge in [-0.25, -0.2) is 0 Å². The quantitative estimate of drug-likeness (QED) is 0.163. The number of rotatable bonds is 1. The molecule has 3 aromatic heterocycles. The molecule has 3 heterocycles. The Hall–Kier alpha value is -3.07. The monoisotopic (exact) mass is 566 g/mol. The van der Waals surface area contributed by atoms with Gasteiger partial charge in [-0.3, -0.25) is 4.98 Å². The van der Waals surface area contributed by atoms with Gasteiger partial charge in [0.25, 0.3) is 0 Å². The first-order valence-electron chi connectivity index (χ1n) is 9.68. The van der Waals surface area contributed by atoms with Crippen molar-refractivity contribution < 1.29 is 24.5 Å². The van der Waals surface area contributed by atoms with Gasteiger partial charge in [0, 0.05) is 48.5 Å². The topological polar surface area (TPSA) is 38.9 Å². The maximum atomic E-state index is 5.96. The number of aryl methyl sites for hydroxylation is 2. The molecule has 6 rings (SSSR count). The number of fused-ring (bicyclic) bond motifs is 6. The number of hydrogen-bond donors (Lipinski definition) is 0. The number of para-hydroxylation sites is 1. The van der Waals surface area contributed by atoms with Gasteiger partial charge in [0.1, 0.15) is 5.58 Å². The zero-order valence-corrected chi connectivity index (χ0v) is 18.9. The molecule has 1 radical (unpaired) electrons. The van der Waals surface area contributed by atoms with Crippen LogP contribution in [0.1, 0.15) is 11.4 Å². The predicted octanol–water partition coefficient (Wildman–Crippen LogP) is 6.76. The van der Waals surface area contributed by atoms with Crippen LogP contribution in [0.2, 0.25) is 0 Å². The maximum Gasteiger partial charge on any atom is 0.120 e. The molecule has 0 atom stereocenters. The Bertz CT molecular complexity index is 1580. The first-order valence-corrected chi connectivity index (χ1v) is 9.68. The molecule has 4 heteroatoms. The van der Waals surface area contributed by atoms with E-state index in [2.05, 4.69) is 54.4 Å². The van der Waals surface area contributed by atoms with Crippen molar-refractivity contribution in [3.05, 3.63) is 84.3 Å². The molecule has 147 valence electrons. The Labute approximate surface area is 187 Å². The zero-order chi connectivity index (χ0) is 19.5. The summed E-state index contributed by atoms with van der Waals surface area (Å²) >= 11 is 0. The molecule has 0 amide bonds. The summed E-state index contributed by atoms with van der Waals surface area (Å²) < 4.78 is 5.96. The number of pyridine rings is 2. The molecule has 0 saturated carbocycles. The maximum absolute atomic E-state index is 5.96. The fourth-order valence-electron chi connectivity index (χ4n) is 4.34. The second-order valence-corrected chi connectivity index (χ2v) is 7.49. The van der Waals surface area contributed by atoms with Crippen molar-refractivity contribution in [2.45, 2.75) is 13.8 Å². The van der Waals surface area contributed by atoms with Gasteiger partial charge in [0.05, 0.1) is 5.58 Å². The van der Waals surface area contributed by atoms with Crippen molar-refractivity contribution in [3.63, 3.8) is 0 Å². The second kappa shape index (κ2) is 7.01. The number of aromatic nitrogens is 2. The number of benzene rings is 3. The van der Waals surface area contributed by atoms with Crippen LogP contribution in [0.5, 0.6) is 0 Å². The second-order valence-electron chi connectivity index (χ2n) is 7.49. The van der Waals surface area contributed by atoms with E-state index in [1.54, 1.807) is 0 Å². The molecule has 0 aliphatic rings. The molecule has 0 N–H and O–H groups in total. The summed E-state index contributed by atoms with van der Waals surface area (Å²) in [6.07, 6.45) is 1.88. The summed E-state index contributed by atoms with van der Waals surface area (Å²) in [7, 11) is 0. The third-order valence-electron chi connectivity index (χ3n) is 5.64. The van der Waals surface area contributed by atoms with E-state index >= 15 is 0 Å². The van der Waals surface area contributed by atoms with E-state index in [0.29, 0.717) is 0 Å². The third kappa shape index (κ3) is 2.76. The fraction of sp³-hybridized carbons (Fsp3) is 0.0769. The van der Waals surface area contributed by atoms with Crippen LogP contribution in [-0.4, -0.2) is 9.97 Å². The van der Waals surface area contributed by atoms with Crippen molar-refractivity contribution in [3.8, 4) is 11.3 Å². The molecule has 0 fully saturated rings. The van der Waals surface area contributed by atoms with Crippen molar-refractivity contribution in [1.82, 2.24) is 9.97 Å². The minimum Gasteiger partial charge on any atom is -0.500 e. The Kier molecular flexibility index (Phi) is 4.43. The van der Waals surface area contributed by atoms with Crippen LogP contribution < -0.4 is 0 Å². The van der Waals surface area contributed by atoms with Crippen LogP contribution in [0.15, 0.2) is 71.3 Å². The summed E-state index contributed by atoms with van der Waals surface area (Å²) in [6.45, 7) is 4.11. The molecule has 0 aliphatic carbocycles. The fourth-order valence-corrected chi connectivity index (χ4v) is 4.34. The molecule has 0 saturated heterocycles. The van der Waals surface area contributed by atoms with Crippen LogP contribution in [0.25, 0.3) is 54.7 Å². The smallest absolute Gasteiger partial charge is 0.120 e. The average molecular weight is 566 g/mol. The van der Waals surface area contributed by atoms with Crippen molar-refractivity contribution in [2.24, 2.45) is 0 Å². The number of furan rings is 1. The minimum atomic E-state index is 0. The zero-order valence-electron chi connectivity index (χ0n) is 16.5. The van der Waals surface area contributed by atoms with E-state index in [9.17, 15) is 0 Å². The van der Waals surface area contributed by atoms with E-state index in [0.717, 1.165) is 50.0 Å². The van der Waals surface area contributed by atoms with Crippen LogP contribution in [0, 0.1) is 19.9 Å². The molecule has 0 unspecified atom stereocenters. The summed E-state index contributed by atoms with van der Waals surface area (Å²) in [5, 5.41) is 6.90. The minimum absolute atomic E-state index is 0. The van der Waals surface area contributed by atoms with Gasteiger partial charge < -0.3 is 9.40 Å². The summed E-state index contributed by atoms with van der Waals surface area (Å²) in [5.41, 5.74) is 5.72. The molecule has 3 nitrogen and oxygen atoms in total. The molecule has 30 heavy (non-hydrogen) atoms. The van der Waals surface area contributed by atoms with Crippen LogP contribution >= 0.6 is 0 Å². The van der Waals surface area contributed by atoms with Crippen LogP contribution in [0.3, 0.4) is 0 Å². The molecule has 0 aliphatic heterocycles. The Morgan fingerprint density at radius 1 is 0.767 bits per heavy atom. The normalized spacial score (nSPS) is 11.4. The van der Waals surface area contributed by atoms with Gasteiger partial charge >= 0.3 is 0 Å². The van der Waals surface area contributed by atoms with E-state index in [4.69, 9.17) is 9.40 Å².